The first-order chi connectivity index (χ1) is 18.4. The number of rotatable bonds is 8. The van der Waals surface area contributed by atoms with Gasteiger partial charge in [0.25, 0.3) is 5.91 Å². The first kappa shape index (κ1) is 26.0. The Morgan fingerprint density at radius 1 is 1.15 bits per heavy atom. The number of hydrogen-bond donors (Lipinski definition) is 0. The SMILES string of the molecule is CC1(C)[C@H]2CC[C@]1(CN(CC1CC1)C(=O)c1coc(CS(C)(=O)=O)n1)c1nnc(-c3c(F)cccc3F)cc12. The van der Waals surface area contributed by atoms with Gasteiger partial charge in [-0.3, -0.25) is 4.79 Å². The van der Waals surface area contributed by atoms with Gasteiger partial charge in [0, 0.05) is 24.8 Å². The summed E-state index contributed by atoms with van der Waals surface area (Å²) in [5.74, 6) is -1.59. The minimum Gasteiger partial charge on any atom is -0.447 e. The molecule has 39 heavy (non-hydrogen) atoms. The second-order valence-electron chi connectivity index (χ2n) is 11.9. The van der Waals surface area contributed by atoms with E-state index in [1.165, 1.54) is 24.5 Å². The number of benzene rings is 1. The number of amides is 1. The van der Waals surface area contributed by atoms with E-state index in [0.29, 0.717) is 19.0 Å². The van der Waals surface area contributed by atoms with Gasteiger partial charge < -0.3 is 9.32 Å². The zero-order valence-electron chi connectivity index (χ0n) is 22.1. The molecule has 0 unspecified atom stereocenters. The molecule has 6 rings (SSSR count). The molecule has 3 aromatic rings. The molecule has 1 amide bonds. The van der Waals surface area contributed by atoms with Crippen LogP contribution >= 0.6 is 0 Å². The van der Waals surface area contributed by atoms with E-state index in [1.807, 2.05) is 0 Å². The lowest BCUT2D eigenvalue weighted by atomic mass is 9.68. The normalized spacial score (nSPS) is 23.2. The number of aromatic nitrogens is 3. The Hall–Kier alpha value is -3.21. The van der Waals surface area contributed by atoms with Gasteiger partial charge in [-0.2, -0.15) is 10.2 Å². The molecular weight excluding hydrogens is 526 g/mol. The summed E-state index contributed by atoms with van der Waals surface area (Å²) in [7, 11) is -3.37. The minimum atomic E-state index is -3.37. The average Bonchev–Trinajstić information content (AvgIpc) is 3.45. The number of carbonyl (C=O) groups excluding carboxylic acids is 1. The van der Waals surface area contributed by atoms with Gasteiger partial charge in [0.1, 0.15) is 23.7 Å². The maximum atomic E-state index is 14.5. The van der Waals surface area contributed by atoms with Gasteiger partial charge in [0.05, 0.1) is 17.0 Å². The molecule has 11 heteroatoms. The third kappa shape index (κ3) is 4.34. The largest absolute Gasteiger partial charge is 0.447 e. The summed E-state index contributed by atoms with van der Waals surface area (Å²) in [6.45, 7) is 5.26. The molecule has 0 saturated heterocycles. The first-order valence-electron chi connectivity index (χ1n) is 13.1. The second-order valence-corrected chi connectivity index (χ2v) is 14.0. The standard InChI is InChI=1S/C28H30F2N4O4S/c1-27(2)18-9-10-28(27,25-17(18)11-21(32-33-25)24-19(29)5-4-6-20(24)30)15-34(12-16-7-8-16)26(35)22-13-38-23(31-22)14-39(3,36)37/h4-6,11,13,16,18H,7-10,12,14-15H2,1-3H3/t18-,28-/m0/s1. The lowest BCUT2D eigenvalue weighted by Gasteiger charge is -2.41. The molecule has 0 radical (unpaired) electrons. The number of sulfone groups is 1. The molecule has 0 aliphatic heterocycles. The quantitative estimate of drug-likeness (QED) is 0.397. The van der Waals surface area contributed by atoms with E-state index in [1.54, 1.807) is 11.0 Å². The van der Waals surface area contributed by atoms with E-state index < -0.39 is 26.9 Å². The molecule has 1 aromatic carbocycles. The monoisotopic (exact) mass is 556 g/mol. The van der Waals surface area contributed by atoms with Crippen molar-refractivity contribution in [3.05, 3.63) is 65.0 Å². The Bertz CT molecular complexity index is 1560. The fraction of sp³-hybridized carbons (Fsp3) is 0.500. The van der Waals surface area contributed by atoms with E-state index in [4.69, 9.17) is 4.42 Å². The average molecular weight is 557 g/mol. The fourth-order valence-electron chi connectivity index (χ4n) is 6.66. The summed E-state index contributed by atoms with van der Waals surface area (Å²) >= 11 is 0. The van der Waals surface area contributed by atoms with Gasteiger partial charge in [-0.25, -0.2) is 22.2 Å². The van der Waals surface area contributed by atoms with Crippen molar-refractivity contribution in [3.63, 3.8) is 0 Å². The Morgan fingerprint density at radius 3 is 2.54 bits per heavy atom. The predicted octanol–water partition coefficient (Wildman–Crippen LogP) is 4.66. The Labute approximate surface area is 225 Å². The third-order valence-electron chi connectivity index (χ3n) is 8.92. The van der Waals surface area contributed by atoms with E-state index in [9.17, 15) is 22.0 Å². The number of oxazole rings is 1. The maximum Gasteiger partial charge on any atom is 0.275 e. The van der Waals surface area contributed by atoms with Crippen molar-refractivity contribution >= 4 is 15.7 Å². The Balaban J connectivity index is 1.36. The van der Waals surface area contributed by atoms with Gasteiger partial charge in [0.2, 0.25) is 5.89 Å². The Morgan fingerprint density at radius 2 is 1.87 bits per heavy atom. The van der Waals surface area contributed by atoms with Crippen LogP contribution in [0.3, 0.4) is 0 Å². The van der Waals surface area contributed by atoms with Gasteiger partial charge in [-0.15, -0.1) is 0 Å². The molecule has 2 aromatic heterocycles. The number of carbonyl (C=O) groups is 1. The van der Waals surface area contributed by atoms with Gasteiger partial charge in [-0.1, -0.05) is 19.9 Å². The Kier molecular flexibility index (Phi) is 5.94. The van der Waals surface area contributed by atoms with E-state index in [2.05, 4.69) is 29.0 Å². The van der Waals surface area contributed by atoms with Crippen LogP contribution < -0.4 is 0 Å². The summed E-state index contributed by atoms with van der Waals surface area (Å²) in [6, 6.07) is 5.49. The molecule has 2 saturated carbocycles. The number of halogens is 2. The summed E-state index contributed by atoms with van der Waals surface area (Å²) in [5.41, 5.74) is 0.955. The van der Waals surface area contributed by atoms with Crippen molar-refractivity contribution in [1.82, 2.24) is 20.1 Å². The van der Waals surface area contributed by atoms with E-state index in [-0.39, 0.29) is 45.8 Å². The zero-order valence-corrected chi connectivity index (χ0v) is 22.9. The van der Waals surface area contributed by atoms with Crippen LogP contribution in [-0.4, -0.2) is 53.8 Å². The highest BCUT2D eigenvalue weighted by atomic mass is 32.2. The smallest absolute Gasteiger partial charge is 0.275 e. The highest BCUT2D eigenvalue weighted by Gasteiger charge is 2.64. The van der Waals surface area contributed by atoms with Crippen molar-refractivity contribution < 1.29 is 26.4 Å². The highest BCUT2D eigenvalue weighted by Crippen LogP contribution is 2.67. The zero-order chi connectivity index (χ0) is 27.7. The summed E-state index contributed by atoms with van der Waals surface area (Å²) < 4.78 is 57.8. The van der Waals surface area contributed by atoms with Crippen molar-refractivity contribution in [2.45, 2.75) is 56.6 Å². The van der Waals surface area contributed by atoms with Crippen LogP contribution in [0.15, 0.2) is 34.9 Å². The van der Waals surface area contributed by atoms with Gasteiger partial charge in [0.15, 0.2) is 15.5 Å². The van der Waals surface area contributed by atoms with Crippen LogP contribution in [0.1, 0.15) is 73.1 Å². The second kappa shape index (κ2) is 8.90. The van der Waals surface area contributed by atoms with E-state index in [0.717, 1.165) is 43.2 Å². The first-order valence-corrected chi connectivity index (χ1v) is 15.2. The molecule has 3 aliphatic carbocycles. The highest BCUT2D eigenvalue weighted by molar-refractivity contribution is 7.89. The van der Waals surface area contributed by atoms with Crippen LogP contribution in [0.5, 0.6) is 0 Å². The molecule has 8 nitrogen and oxygen atoms in total. The van der Waals surface area contributed by atoms with Gasteiger partial charge >= 0.3 is 0 Å². The van der Waals surface area contributed by atoms with Crippen molar-refractivity contribution in [2.75, 3.05) is 19.3 Å². The van der Waals surface area contributed by atoms with Crippen molar-refractivity contribution in [2.24, 2.45) is 11.3 Å². The van der Waals surface area contributed by atoms with E-state index >= 15 is 0 Å². The molecule has 2 atom stereocenters. The third-order valence-corrected chi connectivity index (χ3v) is 9.69. The predicted molar refractivity (Wildman–Crippen MR) is 138 cm³/mol. The lowest BCUT2D eigenvalue weighted by Crippen LogP contribution is -2.49. The summed E-state index contributed by atoms with van der Waals surface area (Å²) in [5, 5.41) is 8.85. The van der Waals surface area contributed by atoms with Crippen LogP contribution in [0.2, 0.25) is 0 Å². The van der Waals surface area contributed by atoms with Crippen LogP contribution in [0.4, 0.5) is 8.78 Å². The lowest BCUT2D eigenvalue weighted by molar-refractivity contribution is 0.0622. The minimum absolute atomic E-state index is 0.0170. The fourth-order valence-corrected chi connectivity index (χ4v) is 7.24. The summed E-state index contributed by atoms with van der Waals surface area (Å²) in [4.78, 5) is 19.7. The number of hydrogen-bond acceptors (Lipinski definition) is 7. The number of fused-ring (bicyclic) bond motifs is 5. The number of nitrogens with zero attached hydrogens (tertiary/aromatic N) is 4. The maximum absolute atomic E-state index is 14.5. The van der Waals surface area contributed by atoms with Crippen LogP contribution in [-0.2, 0) is 21.0 Å². The molecule has 206 valence electrons. The molecule has 3 aliphatic rings. The molecule has 2 heterocycles. The molecule has 0 spiro atoms. The molecule has 2 fully saturated rings. The molecular formula is C28H30F2N4O4S. The van der Waals surface area contributed by atoms with Crippen LogP contribution in [0.25, 0.3) is 11.3 Å². The van der Waals surface area contributed by atoms with Crippen molar-refractivity contribution in [3.8, 4) is 11.3 Å². The molecule has 0 N–H and O–H groups in total. The van der Waals surface area contributed by atoms with Crippen molar-refractivity contribution in [1.29, 1.82) is 0 Å². The molecule has 2 bridgehead atoms. The topological polar surface area (TPSA) is 106 Å². The van der Waals surface area contributed by atoms with Crippen LogP contribution in [0, 0.1) is 23.0 Å². The van der Waals surface area contributed by atoms with Gasteiger partial charge in [-0.05, 0) is 66.7 Å². The summed E-state index contributed by atoms with van der Waals surface area (Å²) in [6.07, 6.45) is 6.04.